The van der Waals surface area contributed by atoms with E-state index >= 15 is 0 Å². The lowest BCUT2D eigenvalue weighted by atomic mass is 10.0. The first-order valence-corrected chi connectivity index (χ1v) is 8.95. The molecule has 0 aliphatic rings. The van der Waals surface area contributed by atoms with E-state index in [1.54, 1.807) is 30.3 Å². The molecule has 4 N–H and O–H groups in total. The number of aromatic amines is 1. The van der Waals surface area contributed by atoms with Gasteiger partial charge in [-0.05, 0) is 34.9 Å². The van der Waals surface area contributed by atoms with Crippen LogP contribution in [0.25, 0.3) is 22.0 Å². The highest BCUT2D eigenvalue weighted by Gasteiger charge is 2.21. The third-order valence-electron chi connectivity index (χ3n) is 4.67. The van der Waals surface area contributed by atoms with Gasteiger partial charge < -0.3 is 16.0 Å². The maximum absolute atomic E-state index is 12.7. The number of H-pyrrole nitrogens is 1. The number of fused-ring (bicyclic) bond motifs is 1. The summed E-state index contributed by atoms with van der Waals surface area (Å²) in [5, 5.41) is 3.63. The Bertz CT molecular complexity index is 1130. The fourth-order valence-electron chi connectivity index (χ4n) is 3.24. The van der Waals surface area contributed by atoms with Crippen LogP contribution in [0.4, 0.5) is 0 Å². The average Bonchev–Trinajstić information content (AvgIpc) is 3.16. The molecule has 0 fully saturated rings. The third-order valence-corrected chi connectivity index (χ3v) is 4.67. The van der Waals surface area contributed by atoms with Gasteiger partial charge in [0.15, 0.2) is 0 Å². The summed E-state index contributed by atoms with van der Waals surface area (Å²) in [6.07, 6.45) is 0. The van der Waals surface area contributed by atoms with E-state index in [9.17, 15) is 9.59 Å². The Hall–Kier alpha value is -3.86. The number of primary amides is 1. The monoisotopic (exact) mass is 369 g/mol. The molecule has 0 saturated carbocycles. The average molecular weight is 369 g/mol. The number of nitrogens with one attached hydrogen (secondary N) is 2. The molecular formula is C23H19N3O2. The zero-order valence-corrected chi connectivity index (χ0v) is 15.1. The maximum Gasteiger partial charge on any atom is 0.268 e. The van der Waals surface area contributed by atoms with E-state index < -0.39 is 11.9 Å². The SMILES string of the molecule is NC(=O)C(NC(=O)c1cc2cc(-c3ccccc3)ccc2[nH]1)c1ccccc1. The Morgan fingerprint density at radius 1 is 0.821 bits per heavy atom. The highest BCUT2D eigenvalue weighted by Crippen LogP contribution is 2.25. The molecule has 138 valence electrons. The molecule has 4 aromatic rings. The molecule has 0 saturated heterocycles. The van der Waals surface area contributed by atoms with Gasteiger partial charge in [-0.2, -0.15) is 0 Å². The molecule has 1 atom stereocenters. The van der Waals surface area contributed by atoms with Crippen LogP contribution in [0.1, 0.15) is 22.1 Å². The van der Waals surface area contributed by atoms with Crippen molar-refractivity contribution in [3.05, 3.63) is 96.2 Å². The standard InChI is InChI=1S/C23H19N3O2/c24-22(27)21(16-9-5-2-6-10-16)26-23(28)20-14-18-13-17(11-12-19(18)25-20)15-7-3-1-4-8-15/h1-14,21,25H,(H2,24,27)(H,26,28). The van der Waals surface area contributed by atoms with Crippen LogP contribution in [-0.2, 0) is 4.79 Å². The van der Waals surface area contributed by atoms with Gasteiger partial charge in [0.05, 0.1) is 0 Å². The van der Waals surface area contributed by atoms with Gasteiger partial charge in [0.1, 0.15) is 11.7 Å². The van der Waals surface area contributed by atoms with Gasteiger partial charge in [-0.15, -0.1) is 0 Å². The van der Waals surface area contributed by atoms with E-state index in [-0.39, 0.29) is 5.91 Å². The van der Waals surface area contributed by atoms with Crippen LogP contribution in [-0.4, -0.2) is 16.8 Å². The molecule has 3 aromatic carbocycles. The molecule has 2 amide bonds. The second-order valence-electron chi connectivity index (χ2n) is 6.57. The predicted octanol–water partition coefficient (Wildman–Crippen LogP) is 3.79. The second kappa shape index (κ2) is 7.40. The maximum atomic E-state index is 12.7. The summed E-state index contributed by atoms with van der Waals surface area (Å²) in [6, 6.07) is 25.8. The summed E-state index contributed by atoms with van der Waals surface area (Å²) in [5.74, 6) is -0.993. The topological polar surface area (TPSA) is 88.0 Å². The quantitative estimate of drug-likeness (QED) is 0.500. The summed E-state index contributed by atoms with van der Waals surface area (Å²) in [6.45, 7) is 0. The lowest BCUT2D eigenvalue weighted by Crippen LogP contribution is -2.37. The van der Waals surface area contributed by atoms with Crippen LogP contribution >= 0.6 is 0 Å². The van der Waals surface area contributed by atoms with Crippen molar-refractivity contribution in [1.82, 2.24) is 10.3 Å². The molecular weight excluding hydrogens is 350 g/mol. The first-order chi connectivity index (χ1) is 13.6. The van der Waals surface area contributed by atoms with Crippen molar-refractivity contribution in [2.45, 2.75) is 6.04 Å². The van der Waals surface area contributed by atoms with Gasteiger partial charge in [-0.3, -0.25) is 9.59 Å². The van der Waals surface area contributed by atoms with Gasteiger partial charge in [0.25, 0.3) is 5.91 Å². The summed E-state index contributed by atoms with van der Waals surface area (Å²) in [7, 11) is 0. The highest BCUT2D eigenvalue weighted by molar-refractivity contribution is 6.00. The van der Waals surface area contributed by atoms with Gasteiger partial charge in [-0.25, -0.2) is 0 Å². The Kier molecular flexibility index (Phi) is 4.64. The van der Waals surface area contributed by atoms with Crippen LogP contribution in [0.2, 0.25) is 0 Å². The van der Waals surface area contributed by atoms with Crippen LogP contribution < -0.4 is 11.1 Å². The highest BCUT2D eigenvalue weighted by atomic mass is 16.2. The number of nitrogens with two attached hydrogens (primary N) is 1. The van der Waals surface area contributed by atoms with Crippen LogP contribution in [0, 0.1) is 0 Å². The molecule has 1 unspecified atom stereocenters. The smallest absolute Gasteiger partial charge is 0.268 e. The van der Waals surface area contributed by atoms with Crippen molar-refractivity contribution >= 4 is 22.7 Å². The Labute approximate surface area is 162 Å². The first kappa shape index (κ1) is 17.5. The molecule has 28 heavy (non-hydrogen) atoms. The van der Waals surface area contributed by atoms with Gasteiger partial charge in [0, 0.05) is 10.9 Å². The number of carbonyl (C=O) groups excluding carboxylic acids is 2. The normalized spacial score (nSPS) is 11.9. The number of aromatic nitrogens is 1. The Morgan fingerprint density at radius 3 is 2.18 bits per heavy atom. The minimum Gasteiger partial charge on any atom is -0.368 e. The first-order valence-electron chi connectivity index (χ1n) is 8.95. The van der Waals surface area contributed by atoms with Crippen molar-refractivity contribution in [2.24, 2.45) is 5.73 Å². The molecule has 0 aliphatic carbocycles. The largest absolute Gasteiger partial charge is 0.368 e. The van der Waals surface area contributed by atoms with Crippen molar-refractivity contribution in [1.29, 1.82) is 0 Å². The molecule has 0 bridgehead atoms. The molecule has 0 aliphatic heterocycles. The van der Waals surface area contributed by atoms with Gasteiger partial charge >= 0.3 is 0 Å². The van der Waals surface area contributed by atoms with Gasteiger partial charge in [-0.1, -0.05) is 66.7 Å². The lowest BCUT2D eigenvalue weighted by molar-refractivity contribution is -0.120. The number of carbonyl (C=O) groups is 2. The number of rotatable bonds is 5. The fraction of sp³-hybridized carbons (Fsp3) is 0.0435. The number of amides is 2. The van der Waals surface area contributed by atoms with E-state index in [4.69, 9.17) is 5.73 Å². The minimum absolute atomic E-state index is 0.377. The van der Waals surface area contributed by atoms with Crippen LogP contribution in [0.15, 0.2) is 84.9 Å². The molecule has 1 heterocycles. The zero-order chi connectivity index (χ0) is 19.5. The predicted molar refractivity (Wildman–Crippen MR) is 110 cm³/mol. The van der Waals surface area contributed by atoms with Crippen molar-refractivity contribution in [3.8, 4) is 11.1 Å². The van der Waals surface area contributed by atoms with Crippen LogP contribution in [0.3, 0.4) is 0 Å². The Balaban J connectivity index is 1.61. The van der Waals surface area contributed by atoms with E-state index in [0.717, 1.165) is 22.0 Å². The molecule has 0 radical (unpaired) electrons. The molecule has 4 rings (SSSR count). The van der Waals surface area contributed by atoms with E-state index in [1.165, 1.54) is 0 Å². The molecule has 0 spiro atoms. The Morgan fingerprint density at radius 2 is 1.50 bits per heavy atom. The van der Waals surface area contributed by atoms with E-state index in [1.807, 2.05) is 54.6 Å². The summed E-state index contributed by atoms with van der Waals surface area (Å²) >= 11 is 0. The number of benzene rings is 3. The van der Waals surface area contributed by atoms with Crippen molar-refractivity contribution in [3.63, 3.8) is 0 Å². The molecule has 5 heteroatoms. The van der Waals surface area contributed by atoms with Crippen LogP contribution in [0.5, 0.6) is 0 Å². The summed E-state index contributed by atoms with van der Waals surface area (Å²) < 4.78 is 0. The lowest BCUT2D eigenvalue weighted by Gasteiger charge is -2.15. The summed E-state index contributed by atoms with van der Waals surface area (Å²) in [4.78, 5) is 27.7. The van der Waals surface area contributed by atoms with E-state index in [2.05, 4.69) is 10.3 Å². The summed E-state index contributed by atoms with van der Waals surface area (Å²) in [5.41, 5.74) is 9.53. The second-order valence-corrected chi connectivity index (χ2v) is 6.57. The molecule has 1 aromatic heterocycles. The van der Waals surface area contributed by atoms with Gasteiger partial charge in [0.2, 0.25) is 5.91 Å². The van der Waals surface area contributed by atoms with E-state index in [0.29, 0.717) is 11.3 Å². The molecule has 5 nitrogen and oxygen atoms in total. The number of hydrogen-bond donors (Lipinski definition) is 3. The fourth-order valence-corrected chi connectivity index (χ4v) is 3.24. The van der Waals surface area contributed by atoms with Crippen molar-refractivity contribution in [2.75, 3.05) is 0 Å². The van der Waals surface area contributed by atoms with Crippen molar-refractivity contribution < 1.29 is 9.59 Å². The zero-order valence-electron chi connectivity index (χ0n) is 15.1. The number of hydrogen-bond acceptors (Lipinski definition) is 2. The third kappa shape index (κ3) is 3.50. The minimum atomic E-state index is -0.889.